The Morgan fingerprint density at radius 1 is 1.24 bits per heavy atom. The number of nitriles is 1. The lowest BCUT2D eigenvalue weighted by molar-refractivity contribution is -0.138. The lowest BCUT2D eigenvalue weighted by Crippen LogP contribution is -2.32. The van der Waals surface area contributed by atoms with Crippen LogP contribution < -0.4 is 9.64 Å². The Kier molecular flexibility index (Phi) is 7.34. The number of carbonyl (C=O) groups is 2. The molecular formula is C24H20ClF3N2O3S. The summed E-state index contributed by atoms with van der Waals surface area (Å²) in [5, 5.41) is 9.03. The van der Waals surface area contributed by atoms with Gasteiger partial charge in [-0.25, -0.2) is 0 Å². The van der Waals surface area contributed by atoms with Gasteiger partial charge in [0.05, 0.1) is 33.3 Å². The number of amides is 1. The average Bonchev–Trinajstić information content (AvgIpc) is 2.96. The first-order chi connectivity index (χ1) is 15.9. The number of rotatable bonds is 6. The van der Waals surface area contributed by atoms with Gasteiger partial charge in [-0.3, -0.25) is 14.5 Å². The van der Waals surface area contributed by atoms with E-state index in [2.05, 4.69) is 0 Å². The number of thiocarbonyl (C=S) groups is 1. The lowest BCUT2D eigenvalue weighted by atomic mass is 9.78. The van der Waals surface area contributed by atoms with Gasteiger partial charge in [-0.2, -0.15) is 18.4 Å². The molecule has 0 saturated carbocycles. The van der Waals surface area contributed by atoms with E-state index in [1.165, 1.54) is 12.1 Å². The van der Waals surface area contributed by atoms with Crippen LogP contribution in [0.3, 0.4) is 0 Å². The summed E-state index contributed by atoms with van der Waals surface area (Å²) in [5.41, 5.74) is -1.67. The monoisotopic (exact) mass is 508 g/mol. The molecule has 0 aliphatic carbocycles. The van der Waals surface area contributed by atoms with Gasteiger partial charge in [-0.15, -0.1) is 11.6 Å². The minimum atomic E-state index is -4.75. The van der Waals surface area contributed by atoms with E-state index in [1.807, 2.05) is 0 Å². The van der Waals surface area contributed by atoms with Crippen LogP contribution in [-0.2, 0) is 22.2 Å². The molecule has 0 N–H and O–H groups in total. The SMILES string of the molecule is CC1(C)C(=O)N(c2ccc(C#N)c(C(F)(F)F)c2)C(=S)C1CCc1ccc(OC(=O)CCl)cc1. The molecular weight excluding hydrogens is 489 g/mol. The first kappa shape index (κ1) is 25.7. The molecule has 1 amide bonds. The third kappa shape index (κ3) is 5.08. The Balaban J connectivity index is 1.82. The maximum atomic E-state index is 13.4. The van der Waals surface area contributed by atoms with Crippen molar-refractivity contribution in [2.24, 2.45) is 11.3 Å². The van der Waals surface area contributed by atoms with E-state index in [9.17, 15) is 22.8 Å². The standard InChI is InChI=1S/C24H20ClF3N2O3S/c1-23(2)18(10-5-14-3-8-17(9-4-14)33-20(31)12-25)21(34)30(22(23)32)16-7-6-15(13-29)19(11-16)24(26,27)28/h3-4,6-9,11,18H,5,10,12H2,1-2H3. The average molecular weight is 509 g/mol. The fraction of sp³-hybridized carbons (Fsp3) is 0.333. The van der Waals surface area contributed by atoms with Gasteiger partial charge in [-0.05, 0) is 48.7 Å². The Labute approximate surface area is 205 Å². The molecule has 178 valence electrons. The quantitative estimate of drug-likeness (QED) is 0.217. The summed E-state index contributed by atoms with van der Waals surface area (Å²) < 4.78 is 45.3. The molecule has 0 aromatic heterocycles. The molecule has 2 aromatic rings. The highest BCUT2D eigenvalue weighted by atomic mass is 35.5. The third-order valence-electron chi connectivity index (χ3n) is 5.82. The van der Waals surface area contributed by atoms with E-state index in [0.717, 1.165) is 22.6 Å². The Morgan fingerprint density at radius 2 is 1.88 bits per heavy atom. The van der Waals surface area contributed by atoms with E-state index in [4.69, 9.17) is 33.8 Å². The second-order valence-corrected chi connectivity index (χ2v) is 9.07. The first-order valence-corrected chi connectivity index (χ1v) is 11.2. The van der Waals surface area contributed by atoms with Gasteiger partial charge in [0.25, 0.3) is 0 Å². The number of aryl methyl sites for hydroxylation is 1. The van der Waals surface area contributed by atoms with Gasteiger partial charge in [0, 0.05) is 5.92 Å². The van der Waals surface area contributed by atoms with Crippen molar-refractivity contribution in [2.75, 3.05) is 10.8 Å². The van der Waals surface area contributed by atoms with Crippen LogP contribution >= 0.6 is 23.8 Å². The van der Waals surface area contributed by atoms with Gasteiger partial charge < -0.3 is 4.74 Å². The number of anilines is 1. The molecule has 0 bridgehead atoms. The fourth-order valence-electron chi connectivity index (χ4n) is 3.93. The van der Waals surface area contributed by atoms with E-state index in [0.29, 0.717) is 18.6 Å². The molecule has 2 aromatic carbocycles. The predicted octanol–water partition coefficient (Wildman–Crippen LogP) is 5.67. The largest absolute Gasteiger partial charge is 0.426 e. The van der Waals surface area contributed by atoms with Crippen LogP contribution in [0.5, 0.6) is 5.75 Å². The fourth-order valence-corrected chi connectivity index (χ4v) is 4.58. The van der Waals surface area contributed by atoms with Gasteiger partial charge in [0.2, 0.25) is 5.91 Å². The van der Waals surface area contributed by atoms with Crippen molar-refractivity contribution in [1.82, 2.24) is 0 Å². The zero-order valence-electron chi connectivity index (χ0n) is 18.3. The Bertz CT molecular complexity index is 1170. The normalized spacial score (nSPS) is 17.6. The molecule has 0 spiro atoms. The van der Waals surface area contributed by atoms with Crippen molar-refractivity contribution >= 4 is 46.4 Å². The van der Waals surface area contributed by atoms with Crippen LogP contribution in [0.1, 0.15) is 37.0 Å². The minimum Gasteiger partial charge on any atom is -0.426 e. The number of nitrogens with zero attached hydrogens (tertiary/aromatic N) is 2. The summed E-state index contributed by atoms with van der Waals surface area (Å²) in [7, 11) is 0. The van der Waals surface area contributed by atoms with E-state index < -0.39 is 40.5 Å². The number of benzene rings is 2. The molecule has 1 unspecified atom stereocenters. The topological polar surface area (TPSA) is 70.4 Å². The van der Waals surface area contributed by atoms with Gasteiger partial charge in [0.15, 0.2) is 0 Å². The predicted molar refractivity (Wildman–Crippen MR) is 125 cm³/mol. The lowest BCUT2D eigenvalue weighted by Gasteiger charge is -2.22. The molecule has 1 aliphatic heterocycles. The Morgan fingerprint density at radius 3 is 2.44 bits per heavy atom. The van der Waals surface area contributed by atoms with E-state index in [-0.39, 0.29) is 16.6 Å². The third-order valence-corrected chi connectivity index (χ3v) is 6.50. The number of hydrogen-bond acceptors (Lipinski definition) is 5. The number of ether oxygens (including phenoxy) is 1. The second kappa shape index (κ2) is 9.72. The zero-order valence-corrected chi connectivity index (χ0v) is 19.9. The maximum absolute atomic E-state index is 13.4. The summed E-state index contributed by atoms with van der Waals surface area (Å²) in [6.07, 6.45) is -3.72. The van der Waals surface area contributed by atoms with Crippen LogP contribution in [-0.4, -0.2) is 22.7 Å². The first-order valence-electron chi connectivity index (χ1n) is 10.3. The number of alkyl halides is 4. The second-order valence-electron chi connectivity index (χ2n) is 8.38. The molecule has 34 heavy (non-hydrogen) atoms. The van der Waals surface area contributed by atoms with Crippen LogP contribution in [0.15, 0.2) is 42.5 Å². The summed E-state index contributed by atoms with van der Waals surface area (Å²) >= 11 is 11.0. The van der Waals surface area contributed by atoms with Crippen molar-refractivity contribution in [2.45, 2.75) is 32.9 Å². The summed E-state index contributed by atoms with van der Waals surface area (Å²) in [5.74, 6) is -1.27. The van der Waals surface area contributed by atoms with Crippen molar-refractivity contribution in [3.8, 4) is 11.8 Å². The summed E-state index contributed by atoms with van der Waals surface area (Å²) in [6, 6.07) is 11.5. The smallest absolute Gasteiger partial charge is 0.417 e. The van der Waals surface area contributed by atoms with Crippen LogP contribution in [0, 0.1) is 22.7 Å². The minimum absolute atomic E-state index is 0.0117. The number of halogens is 4. The maximum Gasteiger partial charge on any atom is 0.417 e. The molecule has 1 fully saturated rings. The van der Waals surface area contributed by atoms with Gasteiger partial charge >= 0.3 is 12.1 Å². The van der Waals surface area contributed by atoms with E-state index >= 15 is 0 Å². The highest BCUT2D eigenvalue weighted by molar-refractivity contribution is 7.80. The molecule has 10 heteroatoms. The molecule has 1 heterocycles. The van der Waals surface area contributed by atoms with Crippen LogP contribution in [0.4, 0.5) is 18.9 Å². The molecule has 0 radical (unpaired) electrons. The van der Waals surface area contributed by atoms with Crippen LogP contribution in [0.2, 0.25) is 0 Å². The number of esters is 1. The molecule has 3 rings (SSSR count). The Hall–Kier alpha value is -2.96. The van der Waals surface area contributed by atoms with Gasteiger partial charge in [-0.1, -0.05) is 38.2 Å². The highest BCUT2D eigenvalue weighted by Gasteiger charge is 2.51. The zero-order chi connectivity index (χ0) is 25.3. The highest BCUT2D eigenvalue weighted by Crippen LogP contribution is 2.44. The van der Waals surface area contributed by atoms with E-state index in [1.54, 1.807) is 38.1 Å². The molecule has 5 nitrogen and oxygen atoms in total. The van der Waals surface area contributed by atoms with Crippen LogP contribution in [0.25, 0.3) is 0 Å². The molecule has 1 aliphatic rings. The molecule has 1 saturated heterocycles. The molecule has 1 atom stereocenters. The number of carbonyl (C=O) groups excluding carboxylic acids is 2. The van der Waals surface area contributed by atoms with Crippen molar-refractivity contribution in [1.29, 1.82) is 5.26 Å². The van der Waals surface area contributed by atoms with Gasteiger partial charge in [0.1, 0.15) is 11.6 Å². The number of hydrogen-bond donors (Lipinski definition) is 0. The summed E-state index contributed by atoms with van der Waals surface area (Å²) in [6.45, 7) is 3.44. The van der Waals surface area contributed by atoms with Crippen molar-refractivity contribution in [3.05, 3.63) is 59.2 Å². The van der Waals surface area contributed by atoms with Crippen molar-refractivity contribution < 1.29 is 27.5 Å². The van der Waals surface area contributed by atoms with Crippen molar-refractivity contribution in [3.63, 3.8) is 0 Å². The summed E-state index contributed by atoms with van der Waals surface area (Å²) in [4.78, 5) is 25.8.